The fourth-order valence-corrected chi connectivity index (χ4v) is 2.75. The van der Waals surface area contributed by atoms with Crippen molar-refractivity contribution >= 4 is 5.91 Å². The number of hydrogen-bond acceptors (Lipinski definition) is 3. The molecule has 0 aromatic heterocycles. The van der Waals surface area contributed by atoms with E-state index in [4.69, 9.17) is 0 Å². The van der Waals surface area contributed by atoms with Crippen LogP contribution in [0, 0.1) is 0 Å². The molecule has 0 aliphatic carbocycles. The fraction of sp³-hybridized carbons (Fsp3) is 0.923. The Bertz CT molecular complexity index is 280. The van der Waals surface area contributed by atoms with Crippen LogP contribution in [0.5, 0.6) is 0 Å². The molecule has 98 valence electrons. The van der Waals surface area contributed by atoms with Crippen molar-refractivity contribution in [1.29, 1.82) is 0 Å². The molecule has 4 heteroatoms. The molecular weight excluding hydrogens is 214 g/mol. The molecule has 2 atom stereocenters. The summed E-state index contributed by atoms with van der Waals surface area (Å²) in [6, 6.07) is 1.60. The van der Waals surface area contributed by atoms with Gasteiger partial charge in [0.05, 0.1) is 6.54 Å². The molecule has 0 aromatic rings. The average Bonchev–Trinajstić information content (AvgIpc) is 2.61. The molecule has 2 heterocycles. The van der Waals surface area contributed by atoms with Gasteiger partial charge in [-0.05, 0) is 33.1 Å². The van der Waals surface area contributed by atoms with Gasteiger partial charge in [-0.2, -0.15) is 0 Å². The van der Waals surface area contributed by atoms with Gasteiger partial charge >= 0.3 is 0 Å². The van der Waals surface area contributed by atoms with Crippen molar-refractivity contribution < 1.29 is 4.79 Å². The van der Waals surface area contributed by atoms with Crippen LogP contribution in [-0.2, 0) is 4.79 Å². The van der Waals surface area contributed by atoms with Crippen molar-refractivity contribution in [3.05, 3.63) is 0 Å². The summed E-state index contributed by atoms with van der Waals surface area (Å²) in [7, 11) is 1.90. The highest BCUT2D eigenvalue weighted by Gasteiger charge is 2.30. The lowest BCUT2D eigenvalue weighted by Gasteiger charge is -2.28. The lowest BCUT2D eigenvalue weighted by Crippen LogP contribution is -2.44. The highest BCUT2D eigenvalue weighted by atomic mass is 16.2. The van der Waals surface area contributed by atoms with Gasteiger partial charge in [-0.3, -0.25) is 9.69 Å². The zero-order chi connectivity index (χ0) is 12.4. The zero-order valence-corrected chi connectivity index (χ0v) is 11.3. The first-order chi connectivity index (χ1) is 8.06. The first-order valence-corrected chi connectivity index (χ1v) is 6.80. The molecule has 2 aliphatic rings. The van der Waals surface area contributed by atoms with Gasteiger partial charge in [-0.25, -0.2) is 0 Å². The number of amides is 1. The third-order valence-corrected chi connectivity index (χ3v) is 4.13. The van der Waals surface area contributed by atoms with E-state index in [9.17, 15) is 4.79 Å². The van der Waals surface area contributed by atoms with Crippen molar-refractivity contribution in [2.45, 2.75) is 51.2 Å². The van der Waals surface area contributed by atoms with Crippen LogP contribution in [0.1, 0.15) is 33.1 Å². The minimum atomic E-state index is 0.248. The Labute approximate surface area is 104 Å². The van der Waals surface area contributed by atoms with Crippen LogP contribution in [0.3, 0.4) is 0 Å². The number of likely N-dealkylation sites (N-methyl/N-ethyl adjacent to an activating group) is 1. The van der Waals surface area contributed by atoms with Gasteiger partial charge in [0, 0.05) is 38.3 Å². The second kappa shape index (κ2) is 5.36. The minimum Gasteiger partial charge on any atom is -0.342 e. The summed E-state index contributed by atoms with van der Waals surface area (Å²) in [4.78, 5) is 16.2. The maximum Gasteiger partial charge on any atom is 0.236 e. The van der Waals surface area contributed by atoms with Crippen LogP contribution in [0.4, 0.5) is 0 Å². The van der Waals surface area contributed by atoms with Gasteiger partial charge in [-0.15, -0.1) is 0 Å². The van der Waals surface area contributed by atoms with Gasteiger partial charge < -0.3 is 10.2 Å². The van der Waals surface area contributed by atoms with E-state index in [1.54, 1.807) is 0 Å². The highest BCUT2D eigenvalue weighted by molar-refractivity contribution is 5.78. The predicted molar refractivity (Wildman–Crippen MR) is 68.9 cm³/mol. The number of nitrogens with one attached hydrogen (secondary N) is 1. The Hall–Kier alpha value is -0.610. The third kappa shape index (κ3) is 3.19. The molecule has 1 N–H and O–H groups in total. The Balaban J connectivity index is 1.84. The van der Waals surface area contributed by atoms with E-state index in [0.717, 1.165) is 13.1 Å². The van der Waals surface area contributed by atoms with Crippen LogP contribution in [0.15, 0.2) is 0 Å². The van der Waals surface area contributed by atoms with Gasteiger partial charge in [0.1, 0.15) is 0 Å². The molecule has 2 bridgehead atoms. The second-order valence-corrected chi connectivity index (χ2v) is 5.76. The fourth-order valence-electron chi connectivity index (χ4n) is 2.75. The minimum absolute atomic E-state index is 0.248. The Kier molecular flexibility index (Phi) is 4.05. The summed E-state index contributed by atoms with van der Waals surface area (Å²) in [6.45, 7) is 6.80. The largest absolute Gasteiger partial charge is 0.342 e. The third-order valence-electron chi connectivity index (χ3n) is 4.13. The maximum absolute atomic E-state index is 12.0. The molecule has 0 radical (unpaired) electrons. The summed E-state index contributed by atoms with van der Waals surface area (Å²) in [5.74, 6) is 0.248. The van der Waals surface area contributed by atoms with E-state index in [0.29, 0.717) is 24.7 Å². The van der Waals surface area contributed by atoms with Crippen molar-refractivity contribution in [3.8, 4) is 0 Å². The number of rotatable bonds is 3. The topological polar surface area (TPSA) is 35.6 Å². The van der Waals surface area contributed by atoms with Crippen LogP contribution in [0.25, 0.3) is 0 Å². The van der Waals surface area contributed by atoms with Crippen LogP contribution in [0.2, 0.25) is 0 Å². The number of likely N-dealkylation sites (tertiary alicyclic amines) is 1. The highest BCUT2D eigenvalue weighted by Crippen LogP contribution is 2.20. The summed E-state index contributed by atoms with van der Waals surface area (Å²) in [6.07, 6.45) is 3.78. The first-order valence-electron chi connectivity index (χ1n) is 6.80. The quantitative estimate of drug-likeness (QED) is 0.786. The molecule has 17 heavy (non-hydrogen) atoms. The summed E-state index contributed by atoms with van der Waals surface area (Å²) >= 11 is 0. The second-order valence-electron chi connectivity index (χ2n) is 5.76. The molecule has 2 aliphatic heterocycles. The molecule has 2 saturated heterocycles. The van der Waals surface area contributed by atoms with Crippen molar-refractivity contribution in [2.24, 2.45) is 0 Å². The lowest BCUT2D eigenvalue weighted by atomic mass is 10.1. The predicted octanol–water partition coefficient (Wildman–Crippen LogP) is 0.680. The van der Waals surface area contributed by atoms with Gasteiger partial charge in [-0.1, -0.05) is 0 Å². The van der Waals surface area contributed by atoms with Gasteiger partial charge in [0.15, 0.2) is 0 Å². The van der Waals surface area contributed by atoms with E-state index in [2.05, 4.69) is 24.1 Å². The number of carbonyl (C=O) groups is 1. The Morgan fingerprint density at radius 2 is 2.06 bits per heavy atom. The smallest absolute Gasteiger partial charge is 0.236 e. The number of nitrogens with zero attached hydrogens (tertiary/aromatic N) is 2. The summed E-state index contributed by atoms with van der Waals surface area (Å²) in [5, 5.41) is 3.64. The van der Waals surface area contributed by atoms with Crippen molar-refractivity contribution in [2.75, 3.05) is 26.7 Å². The molecule has 2 unspecified atom stereocenters. The van der Waals surface area contributed by atoms with Crippen molar-refractivity contribution in [1.82, 2.24) is 15.1 Å². The zero-order valence-electron chi connectivity index (χ0n) is 11.3. The molecule has 1 amide bonds. The summed E-state index contributed by atoms with van der Waals surface area (Å²) in [5.41, 5.74) is 0. The van der Waals surface area contributed by atoms with E-state index in [1.165, 1.54) is 19.3 Å². The lowest BCUT2D eigenvalue weighted by molar-refractivity contribution is -0.132. The van der Waals surface area contributed by atoms with Crippen LogP contribution >= 0.6 is 0 Å². The van der Waals surface area contributed by atoms with E-state index >= 15 is 0 Å². The van der Waals surface area contributed by atoms with Gasteiger partial charge in [0.25, 0.3) is 0 Å². The SMILES string of the molecule is CC(C)N(C)C(=O)CN1CCC2CCC(C1)N2. The standard InChI is InChI=1S/C13H25N3O/c1-10(2)15(3)13(17)9-16-7-6-11-4-5-12(8-16)14-11/h10-12,14H,4-9H2,1-3H3. The summed E-state index contributed by atoms with van der Waals surface area (Å²) < 4.78 is 0. The molecule has 2 fully saturated rings. The Morgan fingerprint density at radius 1 is 1.35 bits per heavy atom. The molecule has 0 spiro atoms. The molecule has 0 aromatic carbocycles. The molecule has 4 nitrogen and oxygen atoms in total. The van der Waals surface area contributed by atoms with E-state index in [-0.39, 0.29) is 5.91 Å². The van der Waals surface area contributed by atoms with Crippen LogP contribution < -0.4 is 5.32 Å². The molecule has 0 saturated carbocycles. The normalized spacial score (nSPS) is 29.4. The van der Waals surface area contributed by atoms with Gasteiger partial charge in [0.2, 0.25) is 5.91 Å². The molecular formula is C13H25N3O. The Morgan fingerprint density at radius 3 is 2.76 bits per heavy atom. The van der Waals surface area contributed by atoms with Crippen LogP contribution in [-0.4, -0.2) is 60.5 Å². The van der Waals surface area contributed by atoms with Crippen molar-refractivity contribution in [3.63, 3.8) is 0 Å². The molecule has 2 rings (SSSR count). The monoisotopic (exact) mass is 239 g/mol. The van der Waals surface area contributed by atoms with E-state index < -0.39 is 0 Å². The first kappa shape index (κ1) is 12.8. The van der Waals surface area contributed by atoms with E-state index in [1.807, 2.05) is 11.9 Å². The average molecular weight is 239 g/mol. The maximum atomic E-state index is 12.0. The number of fused-ring (bicyclic) bond motifs is 2. The number of carbonyl (C=O) groups excluding carboxylic acids is 1. The number of hydrogen-bond donors (Lipinski definition) is 1.